The Labute approximate surface area is 196 Å². The number of anilines is 1. The number of nitrogens with zero attached hydrogens (tertiary/aromatic N) is 2. The number of carbonyl (C=O) groups excluding carboxylic acids is 1. The third-order valence-electron chi connectivity index (χ3n) is 6.32. The molecule has 1 amide bonds. The first kappa shape index (κ1) is 24.8. The summed E-state index contributed by atoms with van der Waals surface area (Å²) in [6.45, 7) is 10.2. The van der Waals surface area contributed by atoms with Gasteiger partial charge in [-0.25, -0.2) is 15.2 Å². The number of carboxylic acids is 1. The van der Waals surface area contributed by atoms with E-state index in [1.807, 2.05) is 20.8 Å². The predicted octanol–water partition coefficient (Wildman–Crippen LogP) is 4.60. The molecule has 2 fully saturated rings. The molecule has 7 heteroatoms. The minimum Gasteiger partial charge on any atom is -0.477 e. The number of hydrogen-bond donors (Lipinski definition) is 2. The van der Waals surface area contributed by atoms with E-state index in [1.165, 1.54) is 0 Å². The smallest absolute Gasteiger partial charge is 0.348 e. The van der Waals surface area contributed by atoms with Crippen molar-refractivity contribution in [3.8, 4) is 11.8 Å². The Bertz CT molecular complexity index is 876. The maximum atomic E-state index is 13.7. The third-order valence-corrected chi connectivity index (χ3v) is 7.35. The zero-order chi connectivity index (χ0) is 23.5. The van der Waals surface area contributed by atoms with Crippen molar-refractivity contribution in [1.82, 2.24) is 10.3 Å². The van der Waals surface area contributed by atoms with Gasteiger partial charge < -0.3 is 10.0 Å². The van der Waals surface area contributed by atoms with Crippen LogP contribution in [0.1, 0.15) is 80.8 Å². The van der Waals surface area contributed by atoms with Gasteiger partial charge in [0.05, 0.1) is 10.6 Å². The highest BCUT2D eigenvalue weighted by Gasteiger charge is 2.33. The van der Waals surface area contributed by atoms with Crippen LogP contribution in [-0.4, -0.2) is 48.1 Å². The van der Waals surface area contributed by atoms with Crippen LogP contribution < -0.4 is 10.4 Å². The summed E-state index contributed by atoms with van der Waals surface area (Å²) < 4.78 is 0. The molecule has 1 aromatic heterocycles. The van der Waals surface area contributed by atoms with Crippen LogP contribution in [0.5, 0.6) is 0 Å². The Kier molecular flexibility index (Phi) is 8.02. The largest absolute Gasteiger partial charge is 0.477 e. The molecule has 2 aliphatic rings. The molecule has 1 aromatic rings. The number of aromatic carboxylic acids is 1. The summed E-state index contributed by atoms with van der Waals surface area (Å²) in [5, 5.41) is 11.5. The SMILES string of the molecule is CC1CCC(C(=O)N(NC2CCN(C)CC2)c2cc(C#CC(C)(C)C)sc2C(=O)O)CC1. The first-order valence-electron chi connectivity index (χ1n) is 11.7. The maximum Gasteiger partial charge on any atom is 0.348 e. The Morgan fingerprint density at radius 2 is 1.78 bits per heavy atom. The normalized spacial score (nSPS) is 22.8. The van der Waals surface area contributed by atoms with Gasteiger partial charge in [-0.1, -0.05) is 18.8 Å². The summed E-state index contributed by atoms with van der Waals surface area (Å²) in [5.41, 5.74) is 3.68. The molecule has 0 atom stereocenters. The molecule has 1 saturated heterocycles. The van der Waals surface area contributed by atoms with Crippen LogP contribution in [0.4, 0.5) is 5.69 Å². The predicted molar refractivity (Wildman–Crippen MR) is 130 cm³/mol. The molecule has 32 heavy (non-hydrogen) atoms. The van der Waals surface area contributed by atoms with E-state index in [9.17, 15) is 14.7 Å². The highest BCUT2D eigenvalue weighted by Crippen LogP contribution is 2.35. The molecule has 0 radical (unpaired) electrons. The fraction of sp³-hybridized carbons (Fsp3) is 0.680. The van der Waals surface area contributed by atoms with Crippen LogP contribution in [0.25, 0.3) is 0 Å². The van der Waals surface area contributed by atoms with Gasteiger partial charge in [0.15, 0.2) is 0 Å². The number of carboxylic acid groups (broad SMARTS) is 1. The fourth-order valence-corrected chi connectivity index (χ4v) is 5.11. The van der Waals surface area contributed by atoms with E-state index in [0.717, 1.165) is 63.0 Å². The number of nitrogens with one attached hydrogen (secondary N) is 1. The quantitative estimate of drug-likeness (QED) is 0.497. The van der Waals surface area contributed by atoms with E-state index in [1.54, 1.807) is 11.1 Å². The number of carbonyl (C=O) groups is 2. The lowest BCUT2D eigenvalue weighted by molar-refractivity contribution is -0.124. The van der Waals surface area contributed by atoms with Crippen molar-refractivity contribution in [2.24, 2.45) is 17.3 Å². The average molecular weight is 460 g/mol. The van der Waals surface area contributed by atoms with Crippen LogP contribution >= 0.6 is 11.3 Å². The third kappa shape index (κ3) is 6.57. The second-order valence-corrected chi connectivity index (χ2v) is 11.5. The standard InChI is InChI=1S/C25H37N3O3S/c1-17-6-8-18(9-7-17)23(29)28(26-19-11-14-27(5)15-12-19)21-16-20(10-13-25(2,3)4)32-22(21)24(30)31/h16-19,26H,6-9,11-12,14-15H2,1-5H3,(H,30,31). The minimum absolute atomic E-state index is 0.00791. The Morgan fingerprint density at radius 1 is 1.16 bits per heavy atom. The molecule has 0 aromatic carbocycles. The van der Waals surface area contributed by atoms with Crippen molar-refractivity contribution in [3.05, 3.63) is 15.8 Å². The molecule has 6 nitrogen and oxygen atoms in total. The van der Waals surface area contributed by atoms with Gasteiger partial charge in [0, 0.05) is 17.4 Å². The van der Waals surface area contributed by atoms with Gasteiger partial charge in [-0.3, -0.25) is 4.79 Å². The molecule has 176 valence electrons. The monoisotopic (exact) mass is 459 g/mol. The minimum atomic E-state index is -1.02. The van der Waals surface area contributed by atoms with Crippen molar-refractivity contribution in [1.29, 1.82) is 0 Å². The van der Waals surface area contributed by atoms with Gasteiger partial charge in [0.1, 0.15) is 4.88 Å². The number of thiophene rings is 1. The van der Waals surface area contributed by atoms with Crippen LogP contribution in [0.2, 0.25) is 0 Å². The summed E-state index contributed by atoms with van der Waals surface area (Å²) >= 11 is 1.15. The van der Waals surface area contributed by atoms with Crippen LogP contribution in [0.15, 0.2) is 6.07 Å². The Hall–Kier alpha value is -1.88. The summed E-state index contributed by atoms with van der Waals surface area (Å²) in [7, 11) is 2.10. The zero-order valence-corrected chi connectivity index (χ0v) is 20.8. The summed E-state index contributed by atoms with van der Waals surface area (Å²) in [4.78, 5) is 28.9. The highest BCUT2D eigenvalue weighted by molar-refractivity contribution is 7.15. The topological polar surface area (TPSA) is 72.9 Å². The number of rotatable bonds is 5. The maximum absolute atomic E-state index is 13.7. The van der Waals surface area contributed by atoms with Gasteiger partial charge in [-0.2, -0.15) is 0 Å². The second-order valence-electron chi connectivity index (χ2n) is 10.5. The van der Waals surface area contributed by atoms with E-state index < -0.39 is 5.97 Å². The van der Waals surface area contributed by atoms with Gasteiger partial charge in [0.25, 0.3) is 0 Å². The van der Waals surface area contributed by atoms with Crippen LogP contribution in [0, 0.1) is 29.1 Å². The lowest BCUT2D eigenvalue weighted by Crippen LogP contribution is -2.54. The first-order valence-corrected chi connectivity index (χ1v) is 12.5. The molecule has 3 rings (SSSR count). The molecule has 1 aliphatic carbocycles. The molecule has 0 spiro atoms. The first-order chi connectivity index (χ1) is 15.0. The van der Waals surface area contributed by atoms with Crippen molar-refractivity contribution < 1.29 is 14.7 Å². The number of hydrazine groups is 1. The van der Waals surface area contributed by atoms with Crippen LogP contribution in [-0.2, 0) is 4.79 Å². The molecule has 2 N–H and O–H groups in total. The lowest BCUT2D eigenvalue weighted by Gasteiger charge is -2.36. The van der Waals surface area contributed by atoms with E-state index >= 15 is 0 Å². The van der Waals surface area contributed by atoms with E-state index in [4.69, 9.17) is 0 Å². The number of likely N-dealkylation sites (tertiary alicyclic amines) is 1. The van der Waals surface area contributed by atoms with E-state index in [2.05, 4.69) is 36.1 Å². The van der Waals surface area contributed by atoms with Crippen molar-refractivity contribution in [2.45, 2.75) is 72.3 Å². The summed E-state index contributed by atoms with van der Waals surface area (Å²) in [6, 6.07) is 1.92. The van der Waals surface area contributed by atoms with Crippen molar-refractivity contribution in [2.75, 3.05) is 25.1 Å². The van der Waals surface area contributed by atoms with E-state index in [-0.39, 0.29) is 28.2 Å². The highest BCUT2D eigenvalue weighted by atomic mass is 32.1. The Morgan fingerprint density at radius 3 is 2.34 bits per heavy atom. The van der Waals surface area contributed by atoms with Gasteiger partial charge in [-0.05, 0) is 91.4 Å². The summed E-state index contributed by atoms with van der Waals surface area (Å²) in [5.74, 6) is 5.84. The molecule has 1 aliphatic heterocycles. The molecular weight excluding hydrogens is 422 g/mol. The average Bonchev–Trinajstić information content (AvgIpc) is 3.16. The van der Waals surface area contributed by atoms with Gasteiger partial charge >= 0.3 is 5.97 Å². The van der Waals surface area contributed by atoms with Crippen molar-refractivity contribution >= 4 is 28.9 Å². The number of amides is 1. The molecular formula is C25H37N3O3S. The Balaban J connectivity index is 1.94. The zero-order valence-electron chi connectivity index (χ0n) is 20.0. The second kappa shape index (κ2) is 10.4. The molecule has 0 unspecified atom stereocenters. The van der Waals surface area contributed by atoms with Gasteiger partial charge in [0.2, 0.25) is 5.91 Å². The van der Waals surface area contributed by atoms with Crippen LogP contribution in [0.3, 0.4) is 0 Å². The lowest BCUT2D eigenvalue weighted by atomic mass is 9.82. The molecule has 2 heterocycles. The summed E-state index contributed by atoms with van der Waals surface area (Å²) in [6.07, 6.45) is 5.63. The molecule has 1 saturated carbocycles. The van der Waals surface area contributed by atoms with Gasteiger partial charge in [-0.15, -0.1) is 11.3 Å². The number of piperidine rings is 1. The fourth-order valence-electron chi connectivity index (χ4n) is 4.27. The van der Waals surface area contributed by atoms with E-state index in [0.29, 0.717) is 16.5 Å². The molecule has 0 bridgehead atoms. The number of hydrogen-bond acceptors (Lipinski definition) is 5. The van der Waals surface area contributed by atoms with Crippen molar-refractivity contribution in [3.63, 3.8) is 0 Å².